The molecule has 1 N–H and O–H groups in total. The zero-order valence-corrected chi connectivity index (χ0v) is 20.1. The van der Waals surface area contributed by atoms with E-state index in [9.17, 15) is 13.2 Å². The molecule has 1 unspecified atom stereocenters. The number of carbonyl (C=O) groups excluding carboxylic acids is 1. The highest BCUT2D eigenvalue weighted by atomic mass is 35.5. The lowest BCUT2D eigenvalue weighted by Crippen LogP contribution is -2.29. The summed E-state index contributed by atoms with van der Waals surface area (Å²) in [6, 6.07) is 9.35. The fourth-order valence-electron chi connectivity index (χ4n) is 3.56. The minimum Gasteiger partial charge on any atom is -0.493 e. The summed E-state index contributed by atoms with van der Waals surface area (Å²) >= 11 is 6.24. The van der Waals surface area contributed by atoms with Gasteiger partial charge >= 0.3 is 0 Å². The average molecular weight is 481 g/mol. The average Bonchev–Trinajstić information content (AvgIpc) is 3.33. The number of nitrogens with one attached hydrogen (secondary N) is 1. The maximum Gasteiger partial charge on any atom is 0.253 e. The molecule has 174 valence electrons. The maximum absolute atomic E-state index is 13.0. The number of carbonyl (C=O) groups is 1. The van der Waals surface area contributed by atoms with Gasteiger partial charge in [0.2, 0.25) is 10.0 Å². The number of ether oxygens (including phenoxy) is 2. The summed E-state index contributed by atoms with van der Waals surface area (Å²) in [5, 5.41) is 3.08. The summed E-state index contributed by atoms with van der Waals surface area (Å²) in [5.74, 6) is 0.763. The summed E-state index contributed by atoms with van der Waals surface area (Å²) in [6.45, 7) is 5.41. The van der Waals surface area contributed by atoms with Gasteiger partial charge in [-0.15, -0.1) is 0 Å². The molecule has 9 heteroatoms. The van der Waals surface area contributed by atoms with Crippen LogP contribution in [-0.2, 0) is 10.0 Å². The Hall–Kier alpha value is -2.29. The van der Waals surface area contributed by atoms with Crippen molar-refractivity contribution in [2.24, 2.45) is 0 Å². The van der Waals surface area contributed by atoms with E-state index in [0.717, 1.165) is 24.8 Å². The Bertz CT molecular complexity index is 1070. The predicted molar refractivity (Wildman–Crippen MR) is 124 cm³/mol. The number of hydrogen-bond donors (Lipinski definition) is 1. The van der Waals surface area contributed by atoms with Crippen molar-refractivity contribution < 1.29 is 22.7 Å². The molecular formula is C23H29ClN2O5S. The highest BCUT2D eigenvalue weighted by Gasteiger charge is 2.28. The number of sulfonamides is 1. The molecule has 0 spiro atoms. The van der Waals surface area contributed by atoms with Crippen molar-refractivity contribution in [2.45, 2.75) is 44.0 Å². The molecule has 2 aromatic carbocycles. The normalized spacial score (nSPS) is 15.4. The molecular weight excluding hydrogens is 452 g/mol. The fourth-order valence-corrected chi connectivity index (χ4v) is 5.31. The van der Waals surface area contributed by atoms with Gasteiger partial charge in [0, 0.05) is 13.1 Å². The third-order valence-electron chi connectivity index (χ3n) is 5.38. The molecule has 1 saturated heterocycles. The number of rotatable bonds is 9. The lowest BCUT2D eigenvalue weighted by Gasteiger charge is -2.19. The van der Waals surface area contributed by atoms with Gasteiger partial charge in [-0.25, -0.2) is 8.42 Å². The monoisotopic (exact) mass is 480 g/mol. The van der Waals surface area contributed by atoms with E-state index in [2.05, 4.69) is 5.32 Å². The molecule has 0 bridgehead atoms. The van der Waals surface area contributed by atoms with Crippen LogP contribution in [-0.4, -0.2) is 45.4 Å². The molecule has 1 amide bonds. The Balaban J connectivity index is 1.79. The van der Waals surface area contributed by atoms with Gasteiger partial charge in [0.1, 0.15) is 0 Å². The zero-order valence-electron chi connectivity index (χ0n) is 18.6. The van der Waals surface area contributed by atoms with Gasteiger partial charge in [-0.3, -0.25) is 4.79 Å². The first kappa shape index (κ1) is 24.4. The summed E-state index contributed by atoms with van der Waals surface area (Å²) < 4.78 is 38.3. The van der Waals surface area contributed by atoms with E-state index >= 15 is 0 Å². The van der Waals surface area contributed by atoms with Crippen LogP contribution < -0.4 is 14.8 Å². The molecule has 1 atom stereocenters. The van der Waals surface area contributed by atoms with Crippen molar-refractivity contribution >= 4 is 27.5 Å². The van der Waals surface area contributed by atoms with Gasteiger partial charge in [0.25, 0.3) is 5.91 Å². The molecule has 0 aromatic heterocycles. The van der Waals surface area contributed by atoms with Gasteiger partial charge in [-0.05, 0) is 62.1 Å². The first-order valence-electron chi connectivity index (χ1n) is 10.7. The lowest BCUT2D eigenvalue weighted by atomic mass is 10.1. The van der Waals surface area contributed by atoms with Crippen molar-refractivity contribution in [3.8, 4) is 11.5 Å². The summed E-state index contributed by atoms with van der Waals surface area (Å²) in [5.41, 5.74) is 0.935. The van der Waals surface area contributed by atoms with Crippen molar-refractivity contribution in [3.63, 3.8) is 0 Å². The standard InChI is InChI=1S/C23H29ClN2O5S/c1-4-13-31-21-10-7-17(14-22(21)30-3)16(2)25-23(27)19-15-18(8-9-20(19)24)32(28,29)26-11-5-6-12-26/h7-10,14-16H,4-6,11-13H2,1-3H3,(H,25,27). The second-order valence-electron chi connectivity index (χ2n) is 7.71. The maximum atomic E-state index is 13.0. The van der Waals surface area contributed by atoms with Gasteiger partial charge in [0.05, 0.1) is 35.2 Å². The van der Waals surface area contributed by atoms with Crippen LogP contribution in [0.2, 0.25) is 5.02 Å². The van der Waals surface area contributed by atoms with Gasteiger partial charge < -0.3 is 14.8 Å². The third kappa shape index (κ3) is 5.36. The Labute approximate surface area is 194 Å². The van der Waals surface area contributed by atoms with Crippen LogP contribution in [0.3, 0.4) is 0 Å². The lowest BCUT2D eigenvalue weighted by molar-refractivity contribution is 0.0939. The molecule has 2 aromatic rings. The van der Waals surface area contributed by atoms with E-state index < -0.39 is 15.9 Å². The molecule has 0 radical (unpaired) electrons. The molecule has 1 aliphatic rings. The largest absolute Gasteiger partial charge is 0.493 e. The second kappa shape index (κ2) is 10.6. The molecule has 1 fully saturated rings. The summed E-state index contributed by atoms with van der Waals surface area (Å²) in [6.07, 6.45) is 2.55. The van der Waals surface area contributed by atoms with E-state index in [1.165, 1.54) is 22.5 Å². The number of benzene rings is 2. The van der Waals surface area contributed by atoms with E-state index in [0.29, 0.717) is 31.2 Å². The molecule has 0 saturated carbocycles. The SMILES string of the molecule is CCCOc1ccc(C(C)NC(=O)c2cc(S(=O)(=O)N3CCCC3)ccc2Cl)cc1OC. The van der Waals surface area contributed by atoms with Crippen LogP contribution in [0.1, 0.15) is 55.1 Å². The third-order valence-corrected chi connectivity index (χ3v) is 7.61. The number of amides is 1. The van der Waals surface area contributed by atoms with Crippen molar-refractivity contribution in [1.82, 2.24) is 9.62 Å². The van der Waals surface area contributed by atoms with Crippen molar-refractivity contribution in [1.29, 1.82) is 0 Å². The highest BCUT2D eigenvalue weighted by Crippen LogP contribution is 2.31. The van der Waals surface area contributed by atoms with E-state index in [-0.39, 0.29) is 21.5 Å². The van der Waals surface area contributed by atoms with Crippen LogP contribution in [0, 0.1) is 0 Å². The Morgan fingerprint density at radius 1 is 1.16 bits per heavy atom. The second-order valence-corrected chi connectivity index (χ2v) is 10.1. The van der Waals surface area contributed by atoms with Gasteiger partial charge in [0.15, 0.2) is 11.5 Å². The number of hydrogen-bond acceptors (Lipinski definition) is 5. The highest BCUT2D eigenvalue weighted by molar-refractivity contribution is 7.89. The van der Waals surface area contributed by atoms with E-state index in [1.807, 2.05) is 32.0 Å². The van der Waals surface area contributed by atoms with E-state index in [1.54, 1.807) is 7.11 Å². The molecule has 0 aliphatic carbocycles. The van der Waals surface area contributed by atoms with Crippen LogP contribution >= 0.6 is 11.6 Å². The smallest absolute Gasteiger partial charge is 0.253 e. The number of nitrogens with zero attached hydrogens (tertiary/aromatic N) is 1. The minimum absolute atomic E-state index is 0.0701. The van der Waals surface area contributed by atoms with Crippen LogP contribution in [0.4, 0.5) is 0 Å². The van der Waals surface area contributed by atoms with Gasteiger partial charge in [-0.1, -0.05) is 24.6 Å². The molecule has 1 aliphatic heterocycles. The Morgan fingerprint density at radius 3 is 2.53 bits per heavy atom. The summed E-state index contributed by atoms with van der Waals surface area (Å²) in [4.78, 5) is 13.0. The fraction of sp³-hybridized carbons (Fsp3) is 0.435. The molecule has 1 heterocycles. The van der Waals surface area contributed by atoms with Crippen LogP contribution in [0.5, 0.6) is 11.5 Å². The van der Waals surface area contributed by atoms with Crippen molar-refractivity contribution in [3.05, 3.63) is 52.5 Å². The molecule has 32 heavy (non-hydrogen) atoms. The van der Waals surface area contributed by atoms with Crippen molar-refractivity contribution in [2.75, 3.05) is 26.8 Å². The van der Waals surface area contributed by atoms with Crippen LogP contribution in [0.15, 0.2) is 41.3 Å². The first-order chi connectivity index (χ1) is 15.3. The molecule has 3 rings (SSSR count). The van der Waals surface area contributed by atoms with E-state index in [4.69, 9.17) is 21.1 Å². The summed E-state index contributed by atoms with van der Waals surface area (Å²) in [7, 11) is -2.09. The number of methoxy groups -OCH3 is 1. The number of halogens is 1. The minimum atomic E-state index is -3.65. The Kier molecular flexibility index (Phi) is 8.03. The first-order valence-corrected chi connectivity index (χ1v) is 12.5. The van der Waals surface area contributed by atoms with Crippen LogP contribution in [0.25, 0.3) is 0 Å². The topological polar surface area (TPSA) is 84.9 Å². The van der Waals surface area contributed by atoms with Gasteiger partial charge in [-0.2, -0.15) is 4.31 Å². The predicted octanol–water partition coefficient (Wildman–Crippen LogP) is 4.41. The quantitative estimate of drug-likeness (QED) is 0.574. The zero-order chi connectivity index (χ0) is 23.3. The molecule has 7 nitrogen and oxygen atoms in total. The Morgan fingerprint density at radius 2 is 1.88 bits per heavy atom.